The Morgan fingerprint density at radius 2 is 1.70 bits per heavy atom. The van der Waals surface area contributed by atoms with Gasteiger partial charge in [0.05, 0.1) is 18.7 Å². The molecule has 1 heterocycles. The highest BCUT2D eigenvalue weighted by molar-refractivity contribution is 7.99. The number of carbonyl (C=O) groups is 1. The number of carboxylic acids is 1. The molecule has 0 radical (unpaired) electrons. The summed E-state index contributed by atoms with van der Waals surface area (Å²) in [5.41, 5.74) is 12.8. The fourth-order valence-corrected chi connectivity index (χ4v) is 5.37. The standard InChI is InChI=1S/C26H27NO2S/c1-15-9-11-19(12-10-15)24-18(4)25-20-8-6-7-16(2)22(20)14-27(30-5)26(25)17(3)21(24)13-23(28)29/h6-12H,13-14H2,1-5H3,(H,28,29). The predicted molar refractivity (Wildman–Crippen MR) is 127 cm³/mol. The number of benzene rings is 3. The molecule has 0 spiro atoms. The first-order chi connectivity index (χ1) is 14.3. The van der Waals surface area contributed by atoms with Crippen molar-refractivity contribution in [2.75, 3.05) is 10.6 Å². The van der Waals surface area contributed by atoms with Crippen molar-refractivity contribution in [2.45, 2.75) is 40.7 Å². The Morgan fingerprint density at radius 1 is 1.00 bits per heavy atom. The molecule has 3 aromatic carbocycles. The monoisotopic (exact) mass is 417 g/mol. The summed E-state index contributed by atoms with van der Waals surface area (Å²) in [5, 5.41) is 9.70. The topological polar surface area (TPSA) is 40.5 Å². The van der Waals surface area contributed by atoms with Crippen molar-refractivity contribution in [2.24, 2.45) is 0 Å². The van der Waals surface area contributed by atoms with Gasteiger partial charge in [-0.1, -0.05) is 60.0 Å². The van der Waals surface area contributed by atoms with E-state index in [4.69, 9.17) is 0 Å². The molecular formula is C26H27NO2S. The van der Waals surface area contributed by atoms with Gasteiger partial charge in [0.2, 0.25) is 0 Å². The smallest absolute Gasteiger partial charge is 0.307 e. The summed E-state index contributed by atoms with van der Waals surface area (Å²) in [6, 6.07) is 14.9. The lowest BCUT2D eigenvalue weighted by Gasteiger charge is -2.36. The van der Waals surface area contributed by atoms with Gasteiger partial charge < -0.3 is 9.41 Å². The van der Waals surface area contributed by atoms with Crippen molar-refractivity contribution in [1.82, 2.24) is 0 Å². The number of anilines is 1. The summed E-state index contributed by atoms with van der Waals surface area (Å²) in [6.07, 6.45) is 2.11. The lowest BCUT2D eigenvalue weighted by Crippen LogP contribution is -2.23. The number of carboxylic acid groups (broad SMARTS) is 1. The Balaban J connectivity index is 2.12. The first kappa shape index (κ1) is 20.5. The van der Waals surface area contributed by atoms with Crippen LogP contribution in [-0.2, 0) is 17.8 Å². The second-order valence-electron chi connectivity index (χ2n) is 8.08. The van der Waals surface area contributed by atoms with E-state index in [0.717, 1.165) is 40.0 Å². The normalized spacial score (nSPS) is 12.5. The number of nitrogens with zero attached hydrogens (tertiary/aromatic N) is 1. The number of aliphatic carboxylic acids is 1. The summed E-state index contributed by atoms with van der Waals surface area (Å²) >= 11 is 1.70. The van der Waals surface area contributed by atoms with Gasteiger partial charge >= 0.3 is 5.97 Å². The van der Waals surface area contributed by atoms with Crippen LogP contribution in [0.25, 0.3) is 22.3 Å². The van der Waals surface area contributed by atoms with Crippen molar-refractivity contribution in [1.29, 1.82) is 0 Å². The Bertz CT molecular complexity index is 1150. The summed E-state index contributed by atoms with van der Waals surface area (Å²) in [4.78, 5) is 11.8. The molecule has 0 fully saturated rings. The zero-order valence-corrected chi connectivity index (χ0v) is 19.0. The fourth-order valence-electron chi connectivity index (χ4n) is 4.70. The minimum Gasteiger partial charge on any atom is -0.481 e. The van der Waals surface area contributed by atoms with E-state index in [2.05, 4.69) is 80.7 Å². The number of hydrogen-bond donors (Lipinski definition) is 1. The molecule has 0 bridgehead atoms. The lowest BCUT2D eigenvalue weighted by molar-refractivity contribution is -0.136. The predicted octanol–water partition coefficient (Wildman–Crippen LogP) is 6.48. The van der Waals surface area contributed by atoms with E-state index in [1.165, 1.54) is 27.8 Å². The molecule has 0 unspecified atom stereocenters. The maximum absolute atomic E-state index is 11.8. The van der Waals surface area contributed by atoms with Crippen LogP contribution in [-0.4, -0.2) is 17.3 Å². The quantitative estimate of drug-likeness (QED) is 0.493. The first-order valence-corrected chi connectivity index (χ1v) is 11.4. The summed E-state index contributed by atoms with van der Waals surface area (Å²) < 4.78 is 2.32. The highest BCUT2D eigenvalue weighted by Crippen LogP contribution is 2.50. The van der Waals surface area contributed by atoms with Gasteiger partial charge in [-0.2, -0.15) is 0 Å². The zero-order valence-electron chi connectivity index (χ0n) is 18.2. The molecule has 154 valence electrons. The molecule has 1 aliphatic rings. The van der Waals surface area contributed by atoms with Gasteiger partial charge in [0.25, 0.3) is 0 Å². The number of aryl methyl sites for hydroxylation is 2. The molecule has 1 aliphatic heterocycles. The van der Waals surface area contributed by atoms with Gasteiger partial charge in [0.15, 0.2) is 0 Å². The molecular weight excluding hydrogens is 390 g/mol. The molecule has 4 rings (SSSR count). The molecule has 4 heteroatoms. The third kappa shape index (κ3) is 3.29. The second-order valence-corrected chi connectivity index (χ2v) is 8.89. The van der Waals surface area contributed by atoms with Crippen molar-refractivity contribution < 1.29 is 9.90 Å². The molecule has 0 aromatic heterocycles. The fraction of sp³-hybridized carbons (Fsp3) is 0.269. The van der Waals surface area contributed by atoms with E-state index < -0.39 is 5.97 Å². The van der Waals surface area contributed by atoms with Crippen LogP contribution < -0.4 is 4.31 Å². The summed E-state index contributed by atoms with van der Waals surface area (Å²) in [6.45, 7) is 9.30. The van der Waals surface area contributed by atoms with E-state index in [1.807, 2.05) is 0 Å². The van der Waals surface area contributed by atoms with Crippen molar-refractivity contribution in [3.63, 3.8) is 0 Å². The van der Waals surface area contributed by atoms with Crippen LogP contribution in [0.5, 0.6) is 0 Å². The Kier molecular flexibility index (Phi) is 5.37. The minimum absolute atomic E-state index is 0.0199. The average Bonchev–Trinajstić information content (AvgIpc) is 2.72. The van der Waals surface area contributed by atoms with Gasteiger partial charge in [-0.3, -0.25) is 4.79 Å². The molecule has 30 heavy (non-hydrogen) atoms. The van der Waals surface area contributed by atoms with Crippen LogP contribution in [0.1, 0.15) is 33.4 Å². The van der Waals surface area contributed by atoms with E-state index >= 15 is 0 Å². The minimum atomic E-state index is -0.798. The number of fused-ring (bicyclic) bond motifs is 3. The molecule has 0 saturated carbocycles. The lowest BCUT2D eigenvalue weighted by atomic mass is 9.80. The molecule has 0 aliphatic carbocycles. The maximum atomic E-state index is 11.8. The molecule has 0 atom stereocenters. The van der Waals surface area contributed by atoms with Gasteiger partial charge in [-0.05, 0) is 72.2 Å². The molecule has 3 aromatic rings. The first-order valence-electron chi connectivity index (χ1n) is 10.2. The van der Waals surface area contributed by atoms with E-state index in [0.29, 0.717) is 0 Å². The van der Waals surface area contributed by atoms with Gasteiger partial charge in [0.1, 0.15) is 0 Å². The van der Waals surface area contributed by atoms with Crippen LogP contribution in [0.15, 0.2) is 42.5 Å². The van der Waals surface area contributed by atoms with Gasteiger partial charge in [-0.25, -0.2) is 0 Å². The largest absolute Gasteiger partial charge is 0.481 e. The zero-order chi connectivity index (χ0) is 21.6. The Morgan fingerprint density at radius 3 is 2.33 bits per heavy atom. The third-order valence-electron chi connectivity index (χ3n) is 6.22. The van der Waals surface area contributed by atoms with Crippen LogP contribution in [0.3, 0.4) is 0 Å². The van der Waals surface area contributed by atoms with Crippen LogP contribution in [0, 0.1) is 27.7 Å². The Hall–Kier alpha value is -2.72. The highest BCUT2D eigenvalue weighted by atomic mass is 32.2. The van der Waals surface area contributed by atoms with Crippen LogP contribution in [0.4, 0.5) is 5.69 Å². The van der Waals surface area contributed by atoms with Crippen molar-refractivity contribution >= 4 is 23.6 Å². The van der Waals surface area contributed by atoms with Crippen molar-refractivity contribution in [3.8, 4) is 22.3 Å². The SMILES string of the molecule is CSN1Cc2c(C)cccc2-c2c(C)c(-c3ccc(C)cc3)c(CC(=O)O)c(C)c21. The molecule has 1 N–H and O–H groups in total. The molecule has 0 saturated heterocycles. The molecule has 3 nitrogen and oxygen atoms in total. The average molecular weight is 418 g/mol. The van der Waals surface area contributed by atoms with Gasteiger partial charge in [0, 0.05) is 11.8 Å². The van der Waals surface area contributed by atoms with Gasteiger partial charge in [-0.15, -0.1) is 0 Å². The Labute approximate surface area is 182 Å². The van der Waals surface area contributed by atoms with E-state index in [-0.39, 0.29) is 6.42 Å². The maximum Gasteiger partial charge on any atom is 0.307 e. The summed E-state index contributed by atoms with van der Waals surface area (Å²) in [7, 11) is 0. The second kappa shape index (κ2) is 7.84. The third-order valence-corrected chi connectivity index (χ3v) is 6.97. The van der Waals surface area contributed by atoms with E-state index in [9.17, 15) is 9.90 Å². The van der Waals surface area contributed by atoms with Crippen molar-refractivity contribution in [3.05, 3.63) is 75.8 Å². The molecule has 0 amide bonds. The van der Waals surface area contributed by atoms with Crippen LogP contribution >= 0.6 is 11.9 Å². The number of rotatable bonds is 4. The van der Waals surface area contributed by atoms with Crippen LogP contribution in [0.2, 0.25) is 0 Å². The van der Waals surface area contributed by atoms with E-state index in [1.54, 1.807) is 11.9 Å². The highest BCUT2D eigenvalue weighted by Gasteiger charge is 2.30. The number of hydrogen-bond acceptors (Lipinski definition) is 3. The summed E-state index contributed by atoms with van der Waals surface area (Å²) in [5.74, 6) is -0.798.